The van der Waals surface area contributed by atoms with Gasteiger partial charge in [-0.05, 0) is 0 Å². The molecule has 0 aliphatic carbocycles. The number of halogens is 1. The monoisotopic (exact) mass is 98.0 g/mol. The van der Waals surface area contributed by atoms with Gasteiger partial charge in [0.25, 0.3) is 0 Å². The molecule has 0 bridgehead atoms. The molecule has 0 N–H and O–H groups in total. The van der Waals surface area contributed by atoms with Crippen LogP contribution in [0.3, 0.4) is 0 Å². The van der Waals surface area contributed by atoms with E-state index >= 15 is 0 Å². The smallest absolute Gasteiger partial charge is 0.0946 e. The fourth-order valence-electron chi connectivity index (χ4n) is 0. The Hall–Kier alpha value is 0.240. The molecule has 0 aliphatic heterocycles. The summed E-state index contributed by atoms with van der Waals surface area (Å²) in [7, 11) is 0. The summed E-state index contributed by atoms with van der Waals surface area (Å²) in [6.45, 7) is 0. The topological polar surface area (TPSA) is 23.1 Å². The van der Waals surface area contributed by atoms with Crippen molar-refractivity contribution in [2.45, 2.75) is 0 Å². The van der Waals surface area contributed by atoms with Crippen LogP contribution in [0, 0.1) is 0 Å². The van der Waals surface area contributed by atoms with E-state index in [1.165, 1.54) is 0 Å². The number of hydrogen-bond acceptors (Lipinski definition) is 1. The lowest BCUT2D eigenvalue weighted by Crippen LogP contribution is -1.86. The van der Waals surface area contributed by atoms with Gasteiger partial charge in [0.1, 0.15) is 0 Å². The van der Waals surface area contributed by atoms with E-state index < -0.39 is 11.2 Å². The maximum absolute atomic E-state index is 9.56. The van der Waals surface area contributed by atoms with Crippen molar-refractivity contribution < 1.29 is 9.26 Å². The third-order valence-electron chi connectivity index (χ3n) is 0. The highest BCUT2D eigenvalue weighted by Crippen LogP contribution is 1.61. The molecule has 0 atom stereocenters. The number of hydrogen-bond donors (Lipinski definition) is 0. The summed E-state index contributed by atoms with van der Waals surface area (Å²) in [5.74, 6) is 0. The van der Waals surface area contributed by atoms with Crippen LogP contribution in [0.1, 0.15) is 0 Å². The van der Waals surface area contributed by atoms with Crippen LogP contribution in [0.5, 0.6) is 0 Å². The van der Waals surface area contributed by atoms with E-state index in [-0.39, 0.29) is 4.70 Å². The first-order chi connectivity index (χ1) is 1.73. The van der Waals surface area contributed by atoms with Gasteiger partial charge in [-0.2, -0.15) is 0 Å². The van der Waals surface area contributed by atoms with Crippen LogP contribution in [0.4, 0.5) is 4.70 Å². The lowest BCUT2D eigenvalue weighted by molar-refractivity contribution is 0.606. The van der Waals surface area contributed by atoms with Crippen LogP contribution in [-0.4, -0.2) is 17.1 Å². The maximum atomic E-state index is 9.56. The average Bonchev–Trinajstić information content (AvgIpc) is 0.811. The van der Waals surface area contributed by atoms with E-state index in [2.05, 4.69) is 0 Å². The Morgan fingerprint density at radius 3 is 1.40 bits per heavy atom. The van der Waals surface area contributed by atoms with Crippen molar-refractivity contribution in [3.8, 4) is 0 Å². The van der Waals surface area contributed by atoms with Crippen molar-refractivity contribution in [1.82, 2.24) is 0 Å². The summed E-state index contributed by atoms with van der Waals surface area (Å²) in [4.78, 5) is 0. The largest absolute Gasteiger partial charge is 0.617 e. The van der Waals surface area contributed by atoms with Crippen molar-refractivity contribution in [2.75, 3.05) is 12.5 Å². The second-order valence-corrected chi connectivity index (χ2v) is 2.22. The first-order valence-corrected chi connectivity index (χ1v) is 2.95. The third kappa shape index (κ3) is 369. The molecule has 0 amide bonds. The molecule has 0 spiro atoms. The van der Waals surface area contributed by atoms with Gasteiger partial charge in [0.05, 0.1) is 12.5 Å². The highest BCUT2D eigenvalue weighted by Gasteiger charge is 1.66. The molecule has 0 saturated heterocycles. The van der Waals surface area contributed by atoms with Crippen LogP contribution >= 0.6 is 0 Å². The summed E-state index contributed by atoms with van der Waals surface area (Å²) >= 11 is -0.611. The molecule has 0 aromatic heterocycles. The van der Waals surface area contributed by atoms with Crippen LogP contribution in [-0.2, 0) is 11.2 Å². The van der Waals surface area contributed by atoms with Gasteiger partial charge < -0.3 is 4.55 Å². The zero-order valence-electron chi connectivity index (χ0n) is 3.22. The van der Waals surface area contributed by atoms with Crippen molar-refractivity contribution in [1.29, 1.82) is 0 Å². The first kappa shape index (κ1) is 8.97. The van der Waals surface area contributed by atoms with Crippen LogP contribution in [0.2, 0.25) is 0 Å². The van der Waals surface area contributed by atoms with E-state index in [1.807, 2.05) is 0 Å². The Labute approximate surface area is 33.9 Å². The predicted octanol–water partition coefficient (Wildman–Crippen LogP) is 0.147. The third-order valence-corrected chi connectivity index (χ3v) is 0. The standard InChI is InChI=1S/C2H6OS.FH/c1-4(2)3;/h1-2H3;1H. The lowest BCUT2D eigenvalue weighted by atomic mass is 11.9. The summed E-state index contributed by atoms with van der Waals surface area (Å²) < 4.78 is 9.56. The molecule has 0 rings (SSSR count). The van der Waals surface area contributed by atoms with Gasteiger partial charge in [0, 0.05) is 0 Å². The fourth-order valence-corrected chi connectivity index (χ4v) is 0. The molecule has 0 saturated carbocycles. The van der Waals surface area contributed by atoms with Gasteiger partial charge >= 0.3 is 0 Å². The summed E-state index contributed by atoms with van der Waals surface area (Å²) in [6, 6.07) is 0. The van der Waals surface area contributed by atoms with Crippen LogP contribution in [0.25, 0.3) is 0 Å². The van der Waals surface area contributed by atoms with E-state index in [4.69, 9.17) is 0 Å². The highest BCUT2D eigenvalue weighted by molar-refractivity contribution is 7.89. The minimum atomic E-state index is -0.611. The van der Waals surface area contributed by atoms with Gasteiger partial charge in [0.2, 0.25) is 0 Å². The van der Waals surface area contributed by atoms with E-state index in [1.54, 1.807) is 12.5 Å². The van der Waals surface area contributed by atoms with E-state index in [0.717, 1.165) is 0 Å². The van der Waals surface area contributed by atoms with Crippen molar-refractivity contribution in [3.05, 3.63) is 0 Å². The van der Waals surface area contributed by atoms with Crippen molar-refractivity contribution in [2.24, 2.45) is 0 Å². The highest BCUT2D eigenvalue weighted by atomic mass is 32.2. The summed E-state index contributed by atoms with van der Waals surface area (Å²) in [5, 5.41) is 0. The molecule has 0 heterocycles. The quantitative estimate of drug-likeness (QED) is 0.395. The Kier molecular flexibility index (Phi) is 7.61. The van der Waals surface area contributed by atoms with Gasteiger partial charge in [-0.25, -0.2) is 0 Å². The Morgan fingerprint density at radius 2 is 1.40 bits per heavy atom. The second-order valence-electron chi connectivity index (χ2n) is 0.742. The molecule has 1 nitrogen and oxygen atoms in total. The summed E-state index contributed by atoms with van der Waals surface area (Å²) in [6.07, 6.45) is 3.28. The molecule has 5 heavy (non-hydrogen) atoms. The zero-order valence-corrected chi connectivity index (χ0v) is 4.04. The second kappa shape index (κ2) is 4.24. The normalized spacial score (nSPS) is 7.20. The molecule has 34 valence electrons. The molecule has 0 aromatic rings. The molecule has 0 radical (unpaired) electrons. The molecule has 3 heteroatoms. The molecular weight excluding hydrogens is 91.1 g/mol. The zero-order chi connectivity index (χ0) is 3.58. The lowest BCUT2D eigenvalue weighted by Gasteiger charge is -1.87. The van der Waals surface area contributed by atoms with Gasteiger partial charge in [-0.1, -0.05) is 11.2 Å². The average molecular weight is 98.1 g/mol. The van der Waals surface area contributed by atoms with Crippen LogP contribution in [0.15, 0.2) is 0 Å². The Balaban J connectivity index is 0. The predicted molar refractivity (Wildman–Crippen MR) is 22.5 cm³/mol. The molecule has 0 aromatic carbocycles. The Morgan fingerprint density at radius 1 is 1.40 bits per heavy atom. The molecular formula is C2H7FOS. The van der Waals surface area contributed by atoms with E-state index in [9.17, 15) is 4.55 Å². The van der Waals surface area contributed by atoms with Gasteiger partial charge in [-0.3, -0.25) is 4.70 Å². The molecule has 0 aliphatic rings. The van der Waals surface area contributed by atoms with Crippen molar-refractivity contribution >= 4 is 11.2 Å². The minimum Gasteiger partial charge on any atom is -0.617 e. The summed E-state index contributed by atoms with van der Waals surface area (Å²) in [5.41, 5.74) is 0. The van der Waals surface area contributed by atoms with E-state index in [0.29, 0.717) is 0 Å². The fraction of sp³-hybridized carbons (Fsp3) is 1.00. The molecule has 0 fully saturated rings. The number of rotatable bonds is 0. The van der Waals surface area contributed by atoms with Crippen molar-refractivity contribution in [3.63, 3.8) is 0 Å². The van der Waals surface area contributed by atoms with Gasteiger partial charge in [-0.15, -0.1) is 0 Å². The van der Waals surface area contributed by atoms with Crippen LogP contribution < -0.4 is 0 Å². The molecule has 0 unspecified atom stereocenters. The van der Waals surface area contributed by atoms with Gasteiger partial charge in [0.15, 0.2) is 0 Å². The maximum Gasteiger partial charge on any atom is 0.0946 e. The Bertz CT molecular complexity index is 14.4. The minimum absolute atomic E-state index is 0. The first-order valence-electron chi connectivity index (χ1n) is 0.983. The SMILES string of the molecule is C[S+](C)[O-].F.